The first-order chi connectivity index (χ1) is 6.76. The molecule has 1 aromatic rings. The van der Waals surface area contributed by atoms with Crippen molar-refractivity contribution in [3.05, 3.63) is 11.1 Å². The summed E-state index contributed by atoms with van der Waals surface area (Å²) in [6.45, 7) is 7.80. The van der Waals surface area contributed by atoms with E-state index in [2.05, 4.69) is 29.1 Å². The van der Waals surface area contributed by atoms with Crippen LogP contribution in [0.5, 0.6) is 0 Å². The molecule has 0 unspecified atom stereocenters. The molecule has 0 aromatic carbocycles. The fourth-order valence-electron chi connectivity index (χ4n) is 1.45. The van der Waals surface area contributed by atoms with Crippen LogP contribution in [-0.2, 0) is 6.42 Å². The molecule has 0 fully saturated rings. The molecule has 0 amide bonds. The largest absolute Gasteiger partial charge is 0.375 e. The molecule has 3 nitrogen and oxygen atoms in total. The minimum atomic E-state index is 0.679. The lowest BCUT2D eigenvalue weighted by molar-refractivity contribution is 0.292. The number of rotatable bonds is 6. The van der Waals surface area contributed by atoms with Gasteiger partial charge in [0.15, 0.2) is 5.13 Å². The maximum atomic E-state index is 5.57. The SMILES string of the molecule is CCCN(CC)CCc1csc(N)n1. The van der Waals surface area contributed by atoms with Crippen molar-refractivity contribution in [1.29, 1.82) is 0 Å². The van der Waals surface area contributed by atoms with Gasteiger partial charge in [0, 0.05) is 18.3 Å². The number of hydrogen-bond donors (Lipinski definition) is 1. The van der Waals surface area contributed by atoms with E-state index >= 15 is 0 Å². The van der Waals surface area contributed by atoms with Gasteiger partial charge >= 0.3 is 0 Å². The van der Waals surface area contributed by atoms with Crippen molar-refractivity contribution in [1.82, 2.24) is 9.88 Å². The average Bonchev–Trinajstić information content (AvgIpc) is 2.59. The summed E-state index contributed by atoms with van der Waals surface area (Å²) in [5.74, 6) is 0. The molecule has 1 aromatic heterocycles. The van der Waals surface area contributed by atoms with E-state index in [1.54, 1.807) is 0 Å². The molecule has 1 rings (SSSR count). The fourth-order valence-corrected chi connectivity index (χ4v) is 2.05. The second-order valence-electron chi connectivity index (χ2n) is 3.36. The number of anilines is 1. The Morgan fingerprint density at radius 3 is 2.71 bits per heavy atom. The second-order valence-corrected chi connectivity index (χ2v) is 4.25. The van der Waals surface area contributed by atoms with Crippen LogP contribution in [-0.4, -0.2) is 29.5 Å². The Bertz CT molecular complexity index is 260. The van der Waals surface area contributed by atoms with Gasteiger partial charge in [0.2, 0.25) is 0 Å². The lowest BCUT2D eigenvalue weighted by atomic mass is 10.3. The van der Waals surface area contributed by atoms with E-state index in [4.69, 9.17) is 5.73 Å². The van der Waals surface area contributed by atoms with Crippen LogP contribution >= 0.6 is 11.3 Å². The predicted molar refractivity (Wildman–Crippen MR) is 62.6 cm³/mol. The van der Waals surface area contributed by atoms with E-state index in [1.165, 1.54) is 24.3 Å². The summed E-state index contributed by atoms with van der Waals surface area (Å²) in [4.78, 5) is 6.69. The lowest BCUT2D eigenvalue weighted by Crippen LogP contribution is -2.26. The third-order valence-electron chi connectivity index (χ3n) is 2.24. The number of hydrogen-bond acceptors (Lipinski definition) is 4. The van der Waals surface area contributed by atoms with Crippen LogP contribution in [0.4, 0.5) is 5.13 Å². The Morgan fingerprint density at radius 2 is 2.21 bits per heavy atom. The van der Waals surface area contributed by atoms with E-state index in [-0.39, 0.29) is 0 Å². The van der Waals surface area contributed by atoms with Crippen molar-refractivity contribution in [3.63, 3.8) is 0 Å². The first-order valence-corrected chi connectivity index (χ1v) is 6.06. The van der Waals surface area contributed by atoms with Crippen molar-refractivity contribution in [2.75, 3.05) is 25.4 Å². The monoisotopic (exact) mass is 213 g/mol. The number of nitrogens with zero attached hydrogens (tertiary/aromatic N) is 2. The molecule has 2 N–H and O–H groups in total. The van der Waals surface area contributed by atoms with Gasteiger partial charge in [-0.25, -0.2) is 4.98 Å². The molecule has 0 bridgehead atoms. The Balaban J connectivity index is 2.31. The highest BCUT2D eigenvalue weighted by molar-refractivity contribution is 7.13. The van der Waals surface area contributed by atoms with Crippen LogP contribution in [0.1, 0.15) is 26.0 Å². The Hall–Kier alpha value is -0.610. The predicted octanol–water partition coefficient (Wildman–Crippen LogP) is 2.00. The zero-order valence-electron chi connectivity index (χ0n) is 8.99. The molecule has 0 saturated heterocycles. The molecule has 0 aliphatic heterocycles. The average molecular weight is 213 g/mol. The summed E-state index contributed by atoms with van der Waals surface area (Å²) in [7, 11) is 0. The van der Waals surface area contributed by atoms with Crippen LogP contribution in [0.15, 0.2) is 5.38 Å². The lowest BCUT2D eigenvalue weighted by Gasteiger charge is -2.18. The van der Waals surface area contributed by atoms with Crippen LogP contribution in [0.3, 0.4) is 0 Å². The molecule has 0 radical (unpaired) electrons. The molecule has 4 heteroatoms. The quantitative estimate of drug-likeness (QED) is 0.786. The number of nitrogens with two attached hydrogens (primary N) is 1. The van der Waals surface area contributed by atoms with Gasteiger partial charge in [0.05, 0.1) is 5.69 Å². The number of likely N-dealkylation sites (N-methyl/N-ethyl adjacent to an activating group) is 1. The summed E-state index contributed by atoms with van der Waals surface area (Å²) >= 11 is 1.53. The zero-order chi connectivity index (χ0) is 10.4. The topological polar surface area (TPSA) is 42.1 Å². The number of nitrogen functional groups attached to an aromatic ring is 1. The normalized spacial score (nSPS) is 11.1. The first kappa shape index (κ1) is 11.5. The highest BCUT2D eigenvalue weighted by atomic mass is 32.1. The summed E-state index contributed by atoms with van der Waals surface area (Å²) < 4.78 is 0. The van der Waals surface area contributed by atoms with E-state index in [9.17, 15) is 0 Å². The van der Waals surface area contributed by atoms with Gasteiger partial charge in [0.1, 0.15) is 0 Å². The molecular formula is C10H19N3S. The summed E-state index contributed by atoms with van der Waals surface area (Å²) in [6.07, 6.45) is 2.23. The highest BCUT2D eigenvalue weighted by Crippen LogP contribution is 2.11. The van der Waals surface area contributed by atoms with E-state index in [0.717, 1.165) is 25.2 Å². The minimum absolute atomic E-state index is 0.679. The van der Waals surface area contributed by atoms with Gasteiger partial charge in [-0.3, -0.25) is 0 Å². The Kier molecular flexibility index (Phi) is 4.90. The standard InChI is InChI=1S/C10H19N3S/c1-3-6-13(4-2)7-5-9-8-14-10(11)12-9/h8H,3-7H2,1-2H3,(H2,11,12). The van der Waals surface area contributed by atoms with Gasteiger partial charge < -0.3 is 10.6 Å². The van der Waals surface area contributed by atoms with E-state index in [1.807, 2.05) is 0 Å². The van der Waals surface area contributed by atoms with Gasteiger partial charge in [-0.1, -0.05) is 13.8 Å². The van der Waals surface area contributed by atoms with Crippen molar-refractivity contribution in [2.45, 2.75) is 26.7 Å². The van der Waals surface area contributed by atoms with Crippen molar-refractivity contribution < 1.29 is 0 Å². The molecule has 0 atom stereocenters. The van der Waals surface area contributed by atoms with Crippen LogP contribution in [0.2, 0.25) is 0 Å². The first-order valence-electron chi connectivity index (χ1n) is 5.18. The number of aromatic nitrogens is 1. The van der Waals surface area contributed by atoms with Gasteiger partial charge in [0.25, 0.3) is 0 Å². The molecule has 14 heavy (non-hydrogen) atoms. The van der Waals surface area contributed by atoms with Crippen LogP contribution in [0, 0.1) is 0 Å². The second kappa shape index (κ2) is 5.98. The zero-order valence-corrected chi connectivity index (χ0v) is 9.81. The fraction of sp³-hybridized carbons (Fsp3) is 0.700. The summed E-state index contributed by atoms with van der Waals surface area (Å²) in [5.41, 5.74) is 6.70. The molecule has 0 saturated carbocycles. The van der Waals surface area contributed by atoms with E-state index in [0.29, 0.717) is 5.13 Å². The van der Waals surface area contributed by atoms with Gasteiger partial charge in [-0.2, -0.15) is 0 Å². The maximum absolute atomic E-state index is 5.57. The van der Waals surface area contributed by atoms with Crippen molar-refractivity contribution >= 4 is 16.5 Å². The van der Waals surface area contributed by atoms with Crippen molar-refractivity contribution in [3.8, 4) is 0 Å². The molecule has 1 heterocycles. The highest BCUT2D eigenvalue weighted by Gasteiger charge is 2.03. The minimum Gasteiger partial charge on any atom is -0.375 e. The van der Waals surface area contributed by atoms with Crippen molar-refractivity contribution in [2.24, 2.45) is 0 Å². The molecular weight excluding hydrogens is 194 g/mol. The van der Waals surface area contributed by atoms with E-state index < -0.39 is 0 Å². The summed E-state index contributed by atoms with van der Waals surface area (Å²) in [5, 5.41) is 2.73. The molecule has 0 aliphatic carbocycles. The van der Waals surface area contributed by atoms with Crippen LogP contribution in [0.25, 0.3) is 0 Å². The third kappa shape index (κ3) is 3.64. The Labute approximate surface area is 89.9 Å². The van der Waals surface area contributed by atoms with Gasteiger partial charge in [-0.05, 0) is 19.5 Å². The summed E-state index contributed by atoms with van der Waals surface area (Å²) in [6, 6.07) is 0. The molecule has 0 aliphatic rings. The third-order valence-corrected chi connectivity index (χ3v) is 2.96. The Morgan fingerprint density at radius 1 is 1.43 bits per heavy atom. The number of thiazole rings is 1. The smallest absolute Gasteiger partial charge is 0.180 e. The van der Waals surface area contributed by atoms with Crippen LogP contribution < -0.4 is 5.73 Å². The maximum Gasteiger partial charge on any atom is 0.180 e. The molecule has 0 spiro atoms. The van der Waals surface area contributed by atoms with Gasteiger partial charge in [-0.15, -0.1) is 11.3 Å². The molecule has 80 valence electrons.